The van der Waals surface area contributed by atoms with Gasteiger partial charge in [0.15, 0.2) is 6.61 Å². The maximum Gasteiger partial charge on any atom is 0.339 e. The predicted molar refractivity (Wildman–Crippen MR) is 79.6 cm³/mol. The summed E-state index contributed by atoms with van der Waals surface area (Å²) in [6, 6.07) is 7.59. The third-order valence-corrected chi connectivity index (χ3v) is 2.91. The summed E-state index contributed by atoms with van der Waals surface area (Å²) < 4.78 is 4.88. The van der Waals surface area contributed by atoms with Crippen molar-refractivity contribution in [2.24, 2.45) is 0 Å². The van der Waals surface area contributed by atoms with E-state index in [1.807, 2.05) is 5.32 Å². The molecular weight excluding hydrogens is 310 g/mol. The highest BCUT2D eigenvalue weighted by Crippen LogP contribution is 2.21. The van der Waals surface area contributed by atoms with Crippen LogP contribution in [0.25, 0.3) is 10.9 Å². The van der Waals surface area contributed by atoms with Gasteiger partial charge in [-0.3, -0.25) is 10.1 Å². The smallest absolute Gasteiger partial charge is 0.339 e. The highest BCUT2D eigenvalue weighted by Gasteiger charge is 2.16. The van der Waals surface area contributed by atoms with Gasteiger partial charge >= 0.3 is 12.0 Å². The van der Waals surface area contributed by atoms with Crippen molar-refractivity contribution >= 4 is 40.4 Å². The molecule has 7 nitrogen and oxygen atoms in total. The molecule has 0 aliphatic rings. The zero-order chi connectivity index (χ0) is 16.1. The molecule has 1 aromatic heterocycles. The minimum Gasteiger partial charge on any atom is -0.452 e. The summed E-state index contributed by atoms with van der Waals surface area (Å²) in [5.41, 5.74) is 0.736. The van der Waals surface area contributed by atoms with Gasteiger partial charge in [0.2, 0.25) is 0 Å². The van der Waals surface area contributed by atoms with E-state index in [2.05, 4.69) is 10.3 Å². The van der Waals surface area contributed by atoms with Crippen molar-refractivity contribution in [3.05, 3.63) is 41.0 Å². The maximum atomic E-state index is 12.1. The second-order valence-corrected chi connectivity index (χ2v) is 4.60. The third-order valence-electron chi connectivity index (χ3n) is 2.72. The lowest BCUT2D eigenvalue weighted by atomic mass is 10.1. The van der Waals surface area contributed by atoms with Crippen LogP contribution in [0.5, 0.6) is 0 Å². The van der Waals surface area contributed by atoms with Crippen LogP contribution in [0.2, 0.25) is 5.15 Å². The van der Waals surface area contributed by atoms with E-state index < -0.39 is 24.5 Å². The average Bonchev–Trinajstić information content (AvgIpc) is 2.51. The van der Waals surface area contributed by atoms with Gasteiger partial charge in [-0.15, -0.1) is 0 Å². The Morgan fingerprint density at radius 1 is 1.27 bits per heavy atom. The SMILES string of the molecule is CNC(=O)NC(=O)COC(=O)c1cc(Cl)nc2ccccc12. The minimum absolute atomic E-state index is 0.139. The average molecular weight is 322 g/mol. The number of carbonyl (C=O) groups excluding carboxylic acids is 3. The van der Waals surface area contributed by atoms with Gasteiger partial charge in [0, 0.05) is 12.4 Å². The number of esters is 1. The molecule has 0 aliphatic carbocycles. The molecule has 8 heteroatoms. The number of ether oxygens (including phenoxy) is 1. The second-order valence-electron chi connectivity index (χ2n) is 4.21. The fraction of sp³-hybridized carbons (Fsp3) is 0.143. The molecule has 3 amide bonds. The van der Waals surface area contributed by atoms with Crippen LogP contribution in [0.4, 0.5) is 4.79 Å². The quantitative estimate of drug-likeness (QED) is 0.659. The van der Waals surface area contributed by atoms with Crippen LogP contribution in [0, 0.1) is 0 Å². The molecule has 0 saturated carbocycles. The highest BCUT2D eigenvalue weighted by molar-refractivity contribution is 6.30. The van der Waals surface area contributed by atoms with E-state index in [0.717, 1.165) is 0 Å². The van der Waals surface area contributed by atoms with Crippen molar-refractivity contribution in [2.45, 2.75) is 0 Å². The molecule has 0 fully saturated rings. The molecule has 114 valence electrons. The molecule has 2 rings (SSSR count). The Morgan fingerprint density at radius 3 is 2.73 bits per heavy atom. The van der Waals surface area contributed by atoms with E-state index in [0.29, 0.717) is 10.9 Å². The van der Waals surface area contributed by atoms with Crippen molar-refractivity contribution in [3.8, 4) is 0 Å². The summed E-state index contributed by atoms with van der Waals surface area (Å²) in [5, 5.41) is 4.89. The number of amides is 3. The van der Waals surface area contributed by atoms with Crippen LogP contribution in [-0.4, -0.2) is 36.5 Å². The lowest BCUT2D eigenvalue weighted by Crippen LogP contribution is -2.39. The maximum absolute atomic E-state index is 12.1. The van der Waals surface area contributed by atoms with Gasteiger partial charge in [0.25, 0.3) is 5.91 Å². The number of pyridine rings is 1. The van der Waals surface area contributed by atoms with Crippen molar-refractivity contribution in [1.82, 2.24) is 15.6 Å². The number of urea groups is 1. The fourth-order valence-corrected chi connectivity index (χ4v) is 1.95. The van der Waals surface area contributed by atoms with Gasteiger partial charge in [0.05, 0.1) is 11.1 Å². The number of halogens is 1. The number of fused-ring (bicyclic) bond motifs is 1. The fourth-order valence-electron chi connectivity index (χ4n) is 1.75. The first-order chi connectivity index (χ1) is 10.5. The predicted octanol–water partition coefficient (Wildman–Crippen LogP) is 1.50. The van der Waals surface area contributed by atoms with Gasteiger partial charge in [-0.05, 0) is 12.1 Å². The van der Waals surface area contributed by atoms with Crippen molar-refractivity contribution < 1.29 is 19.1 Å². The summed E-state index contributed by atoms with van der Waals surface area (Å²) in [7, 11) is 1.36. The van der Waals surface area contributed by atoms with Crippen molar-refractivity contribution in [3.63, 3.8) is 0 Å². The molecule has 0 aliphatic heterocycles. The van der Waals surface area contributed by atoms with Crippen LogP contribution in [0.15, 0.2) is 30.3 Å². The third kappa shape index (κ3) is 3.70. The van der Waals surface area contributed by atoms with E-state index >= 15 is 0 Å². The number of para-hydroxylation sites is 1. The monoisotopic (exact) mass is 321 g/mol. The first kappa shape index (κ1) is 15.7. The van der Waals surface area contributed by atoms with Crippen molar-refractivity contribution in [2.75, 3.05) is 13.7 Å². The van der Waals surface area contributed by atoms with E-state index in [1.165, 1.54) is 13.1 Å². The first-order valence-electron chi connectivity index (χ1n) is 6.25. The number of hydrogen-bond donors (Lipinski definition) is 2. The van der Waals surface area contributed by atoms with Gasteiger partial charge < -0.3 is 10.1 Å². The first-order valence-corrected chi connectivity index (χ1v) is 6.63. The molecule has 0 unspecified atom stereocenters. The van der Waals surface area contributed by atoms with Gasteiger partial charge in [-0.1, -0.05) is 29.8 Å². The molecule has 2 N–H and O–H groups in total. The summed E-state index contributed by atoms with van der Waals surface area (Å²) in [6.07, 6.45) is 0. The lowest BCUT2D eigenvalue weighted by molar-refractivity contribution is -0.123. The lowest BCUT2D eigenvalue weighted by Gasteiger charge is -2.08. The Hall–Kier alpha value is -2.67. The summed E-state index contributed by atoms with van der Waals surface area (Å²) in [6.45, 7) is -0.583. The zero-order valence-corrected chi connectivity index (χ0v) is 12.3. The van der Waals surface area contributed by atoms with Crippen LogP contribution in [-0.2, 0) is 9.53 Å². The number of aromatic nitrogens is 1. The number of nitrogens with one attached hydrogen (secondary N) is 2. The van der Waals surface area contributed by atoms with E-state index in [-0.39, 0.29) is 10.7 Å². The number of carbonyl (C=O) groups is 3. The standard InChI is InChI=1S/C14H12ClN3O4/c1-16-14(21)18-12(19)7-22-13(20)9-6-11(15)17-10-5-3-2-4-8(9)10/h2-6H,7H2,1H3,(H2,16,18,19,21). The molecule has 0 spiro atoms. The Balaban J connectivity index is 2.13. The molecule has 0 saturated heterocycles. The molecule has 0 bridgehead atoms. The van der Waals surface area contributed by atoms with Crippen molar-refractivity contribution in [1.29, 1.82) is 0 Å². The Labute approximate surface area is 130 Å². The minimum atomic E-state index is -0.739. The molecule has 22 heavy (non-hydrogen) atoms. The molecule has 0 atom stereocenters. The number of rotatable bonds is 3. The topological polar surface area (TPSA) is 97.4 Å². The van der Waals surface area contributed by atoms with Crippen LogP contribution in [0.3, 0.4) is 0 Å². The highest BCUT2D eigenvalue weighted by atomic mass is 35.5. The number of nitrogens with zero attached hydrogens (tertiary/aromatic N) is 1. The molecule has 1 aromatic carbocycles. The zero-order valence-electron chi connectivity index (χ0n) is 11.6. The normalized spacial score (nSPS) is 10.1. The second kappa shape index (κ2) is 6.86. The van der Waals surface area contributed by atoms with Crippen LogP contribution >= 0.6 is 11.6 Å². The molecular formula is C14H12ClN3O4. The molecule has 2 aromatic rings. The Kier molecular flexibility index (Phi) is 4.90. The van der Waals surface area contributed by atoms with Gasteiger partial charge in [-0.25, -0.2) is 14.6 Å². The van der Waals surface area contributed by atoms with Gasteiger partial charge in [-0.2, -0.15) is 0 Å². The Morgan fingerprint density at radius 2 is 2.00 bits per heavy atom. The molecule has 0 radical (unpaired) electrons. The van der Waals surface area contributed by atoms with E-state index in [4.69, 9.17) is 16.3 Å². The number of benzene rings is 1. The summed E-state index contributed by atoms with van der Waals surface area (Å²) in [5.74, 6) is -1.47. The van der Waals surface area contributed by atoms with Crippen LogP contribution < -0.4 is 10.6 Å². The molecule has 1 heterocycles. The van der Waals surface area contributed by atoms with Crippen LogP contribution in [0.1, 0.15) is 10.4 Å². The largest absolute Gasteiger partial charge is 0.452 e. The summed E-state index contributed by atoms with van der Waals surface area (Å²) >= 11 is 5.87. The van der Waals surface area contributed by atoms with E-state index in [1.54, 1.807) is 24.3 Å². The number of hydrogen-bond acceptors (Lipinski definition) is 5. The Bertz CT molecular complexity index is 748. The number of imide groups is 1. The van der Waals surface area contributed by atoms with E-state index in [9.17, 15) is 14.4 Å². The van der Waals surface area contributed by atoms with Gasteiger partial charge in [0.1, 0.15) is 5.15 Å². The summed E-state index contributed by atoms with van der Waals surface area (Å²) in [4.78, 5) is 38.5.